The third-order valence-corrected chi connectivity index (χ3v) is 5.09. The van der Waals surface area contributed by atoms with Gasteiger partial charge in [-0.15, -0.1) is 0 Å². The van der Waals surface area contributed by atoms with Crippen molar-refractivity contribution in [3.63, 3.8) is 0 Å². The second-order valence-corrected chi connectivity index (χ2v) is 7.19. The number of rotatable bonds is 7. The fourth-order valence-electron chi connectivity index (χ4n) is 2.96. The monoisotopic (exact) mass is 370 g/mol. The number of aryl methyl sites for hydroxylation is 2. The van der Waals surface area contributed by atoms with E-state index in [4.69, 9.17) is 11.6 Å². The maximum Gasteiger partial charge on any atom is 0.228 e. The van der Waals surface area contributed by atoms with Crippen LogP contribution in [0.3, 0.4) is 0 Å². The van der Waals surface area contributed by atoms with Crippen LogP contribution in [0.2, 0.25) is 5.02 Å². The molecule has 1 fully saturated rings. The fourth-order valence-corrected chi connectivity index (χ4v) is 3.14. The first-order valence-electron chi connectivity index (χ1n) is 8.93. The Kier molecular flexibility index (Phi) is 5.94. The molecule has 0 saturated heterocycles. The van der Waals surface area contributed by atoms with Crippen molar-refractivity contribution in [2.24, 2.45) is 11.8 Å². The largest absolute Gasteiger partial charge is 0.356 e. The lowest BCUT2D eigenvalue weighted by Gasteiger charge is -2.07. The van der Waals surface area contributed by atoms with Crippen LogP contribution < -0.4 is 10.6 Å². The predicted octanol–water partition coefficient (Wildman–Crippen LogP) is 3.97. The topological polar surface area (TPSA) is 58.2 Å². The molecule has 1 aliphatic rings. The summed E-state index contributed by atoms with van der Waals surface area (Å²) >= 11 is 6.07. The van der Waals surface area contributed by atoms with E-state index in [1.807, 2.05) is 37.3 Å². The molecule has 3 rings (SSSR count). The van der Waals surface area contributed by atoms with Crippen molar-refractivity contribution in [2.75, 3.05) is 11.9 Å². The van der Waals surface area contributed by atoms with Gasteiger partial charge in [-0.25, -0.2) is 0 Å². The van der Waals surface area contributed by atoms with E-state index in [0.29, 0.717) is 23.7 Å². The van der Waals surface area contributed by atoms with E-state index in [2.05, 4.69) is 22.8 Å². The van der Waals surface area contributed by atoms with Crippen LogP contribution >= 0.6 is 11.6 Å². The Balaban J connectivity index is 1.39. The van der Waals surface area contributed by atoms with Crippen molar-refractivity contribution in [2.45, 2.75) is 26.2 Å². The zero-order chi connectivity index (χ0) is 18.5. The number of benzene rings is 2. The first-order valence-corrected chi connectivity index (χ1v) is 9.31. The molecule has 2 aromatic rings. The van der Waals surface area contributed by atoms with Gasteiger partial charge in [0.15, 0.2) is 0 Å². The van der Waals surface area contributed by atoms with Gasteiger partial charge in [0.2, 0.25) is 11.8 Å². The molecule has 2 unspecified atom stereocenters. The number of amides is 2. The quantitative estimate of drug-likeness (QED) is 0.724. The zero-order valence-corrected chi connectivity index (χ0v) is 15.6. The van der Waals surface area contributed by atoms with Crippen LogP contribution in [0.25, 0.3) is 0 Å². The van der Waals surface area contributed by atoms with E-state index in [1.165, 1.54) is 5.56 Å². The Morgan fingerprint density at radius 3 is 2.54 bits per heavy atom. The maximum atomic E-state index is 12.3. The average molecular weight is 371 g/mol. The normalized spacial score (nSPS) is 18.2. The number of hydrogen-bond acceptors (Lipinski definition) is 2. The van der Waals surface area contributed by atoms with E-state index in [1.54, 1.807) is 6.07 Å². The maximum absolute atomic E-state index is 12.3. The van der Waals surface area contributed by atoms with Crippen molar-refractivity contribution in [3.8, 4) is 0 Å². The van der Waals surface area contributed by atoms with Crippen LogP contribution in [-0.4, -0.2) is 18.4 Å². The standard InChI is InChI=1S/C21H23ClN2O2/c1-14-9-10-16(12-19(14)22)24-21(26)18-13-17(18)20(25)23-11-5-8-15-6-3-2-4-7-15/h2-4,6-7,9-10,12,17-18H,5,8,11,13H2,1H3,(H,23,25)(H,24,26). The van der Waals surface area contributed by atoms with Gasteiger partial charge < -0.3 is 10.6 Å². The van der Waals surface area contributed by atoms with Gasteiger partial charge in [-0.1, -0.05) is 48.0 Å². The van der Waals surface area contributed by atoms with Crippen LogP contribution in [-0.2, 0) is 16.0 Å². The van der Waals surface area contributed by atoms with E-state index in [-0.39, 0.29) is 23.7 Å². The molecule has 4 nitrogen and oxygen atoms in total. The van der Waals surface area contributed by atoms with Crippen molar-refractivity contribution in [3.05, 3.63) is 64.7 Å². The highest BCUT2D eigenvalue weighted by Crippen LogP contribution is 2.39. The van der Waals surface area contributed by atoms with Crippen LogP contribution in [0.4, 0.5) is 5.69 Å². The SMILES string of the molecule is Cc1ccc(NC(=O)C2CC2C(=O)NCCCc2ccccc2)cc1Cl. The third kappa shape index (κ3) is 4.85. The number of hydrogen-bond donors (Lipinski definition) is 2. The minimum Gasteiger partial charge on any atom is -0.356 e. The first-order chi connectivity index (χ1) is 12.5. The molecular formula is C21H23ClN2O2. The van der Waals surface area contributed by atoms with Crippen molar-refractivity contribution in [1.29, 1.82) is 0 Å². The molecule has 1 aliphatic carbocycles. The minimum absolute atomic E-state index is 0.0276. The molecule has 0 heterocycles. The Bertz CT molecular complexity index is 792. The van der Waals surface area contributed by atoms with E-state index in [9.17, 15) is 9.59 Å². The summed E-state index contributed by atoms with van der Waals surface area (Å²) in [7, 11) is 0. The number of halogens is 1. The van der Waals surface area contributed by atoms with Gasteiger partial charge in [0.25, 0.3) is 0 Å². The van der Waals surface area contributed by atoms with Gasteiger partial charge in [0.1, 0.15) is 0 Å². The Morgan fingerprint density at radius 2 is 1.81 bits per heavy atom. The summed E-state index contributed by atoms with van der Waals surface area (Å²) in [6.07, 6.45) is 2.43. The van der Waals surface area contributed by atoms with Gasteiger partial charge in [0.05, 0.1) is 11.8 Å². The molecule has 0 radical (unpaired) electrons. The molecule has 0 aromatic heterocycles. The molecule has 2 amide bonds. The molecule has 5 heteroatoms. The molecule has 1 saturated carbocycles. The molecule has 0 aliphatic heterocycles. The van der Waals surface area contributed by atoms with Gasteiger partial charge >= 0.3 is 0 Å². The van der Waals surface area contributed by atoms with E-state index >= 15 is 0 Å². The van der Waals surface area contributed by atoms with Crippen LogP contribution in [0.15, 0.2) is 48.5 Å². The lowest BCUT2D eigenvalue weighted by molar-refractivity contribution is -0.125. The molecule has 2 atom stereocenters. The number of nitrogens with one attached hydrogen (secondary N) is 2. The highest BCUT2D eigenvalue weighted by atomic mass is 35.5. The molecular weight excluding hydrogens is 348 g/mol. The molecule has 0 spiro atoms. The van der Waals surface area contributed by atoms with E-state index in [0.717, 1.165) is 18.4 Å². The van der Waals surface area contributed by atoms with Gasteiger partial charge in [0, 0.05) is 17.3 Å². The summed E-state index contributed by atoms with van der Waals surface area (Å²) in [5.41, 5.74) is 2.89. The Labute approximate surface area is 158 Å². The second kappa shape index (κ2) is 8.37. The Hall–Kier alpha value is -2.33. The second-order valence-electron chi connectivity index (χ2n) is 6.78. The fraction of sp³-hybridized carbons (Fsp3) is 0.333. The molecule has 136 valence electrons. The first kappa shape index (κ1) is 18.5. The van der Waals surface area contributed by atoms with Crippen molar-refractivity contribution >= 4 is 29.1 Å². The van der Waals surface area contributed by atoms with Gasteiger partial charge in [-0.05, 0) is 49.4 Å². The number of anilines is 1. The van der Waals surface area contributed by atoms with E-state index < -0.39 is 0 Å². The summed E-state index contributed by atoms with van der Waals surface area (Å²) in [6, 6.07) is 15.6. The molecule has 26 heavy (non-hydrogen) atoms. The third-order valence-electron chi connectivity index (χ3n) is 4.69. The average Bonchev–Trinajstić information content (AvgIpc) is 3.44. The number of carbonyl (C=O) groups is 2. The molecule has 2 N–H and O–H groups in total. The summed E-state index contributed by atoms with van der Waals surface area (Å²) < 4.78 is 0. The van der Waals surface area contributed by atoms with Gasteiger partial charge in [-0.2, -0.15) is 0 Å². The lowest BCUT2D eigenvalue weighted by Crippen LogP contribution is -2.28. The van der Waals surface area contributed by atoms with Crippen LogP contribution in [0.5, 0.6) is 0 Å². The highest BCUT2D eigenvalue weighted by molar-refractivity contribution is 6.31. The summed E-state index contributed by atoms with van der Waals surface area (Å²) in [6.45, 7) is 2.54. The summed E-state index contributed by atoms with van der Waals surface area (Å²) in [5.74, 6) is -0.605. The summed E-state index contributed by atoms with van der Waals surface area (Å²) in [4.78, 5) is 24.4. The van der Waals surface area contributed by atoms with Crippen molar-refractivity contribution < 1.29 is 9.59 Å². The van der Waals surface area contributed by atoms with Crippen molar-refractivity contribution in [1.82, 2.24) is 5.32 Å². The number of carbonyl (C=O) groups excluding carboxylic acids is 2. The Morgan fingerprint density at radius 1 is 1.08 bits per heavy atom. The summed E-state index contributed by atoms with van der Waals surface area (Å²) in [5, 5.41) is 6.40. The highest BCUT2D eigenvalue weighted by Gasteiger charge is 2.47. The smallest absolute Gasteiger partial charge is 0.228 e. The van der Waals surface area contributed by atoms with Crippen LogP contribution in [0.1, 0.15) is 24.0 Å². The minimum atomic E-state index is -0.246. The molecule has 0 bridgehead atoms. The van der Waals surface area contributed by atoms with Gasteiger partial charge in [-0.3, -0.25) is 9.59 Å². The zero-order valence-electron chi connectivity index (χ0n) is 14.8. The predicted molar refractivity (Wildman–Crippen MR) is 104 cm³/mol. The lowest BCUT2D eigenvalue weighted by atomic mass is 10.1. The van der Waals surface area contributed by atoms with Crippen LogP contribution in [0, 0.1) is 18.8 Å². The molecule has 2 aromatic carbocycles.